The largest absolute Gasteiger partial charge is 0.477 e. The van der Waals surface area contributed by atoms with Crippen molar-refractivity contribution < 1.29 is 24.3 Å². The van der Waals surface area contributed by atoms with Crippen LogP contribution in [0.3, 0.4) is 0 Å². The number of β-lactam (4-membered cyclic amide) rings is 1. The van der Waals surface area contributed by atoms with Gasteiger partial charge in [-0.1, -0.05) is 12.1 Å². The van der Waals surface area contributed by atoms with Crippen LogP contribution in [0.15, 0.2) is 22.3 Å². The quantitative estimate of drug-likeness (QED) is 0.250. The maximum Gasteiger partial charge on any atom is 0.352 e. The van der Waals surface area contributed by atoms with Gasteiger partial charge < -0.3 is 21.0 Å². The molecule has 2 aliphatic heterocycles. The zero-order valence-electron chi connectivity index (χ0n) is 14.2. The maximum atomic E-state index is 12.7. The smallest absolute Gasteiger partial charge is 0.352 e. The highest BCUT2D eigenvalue weighted by molar-refractivity contribution is 8.00. The number of amides is 2. The summed E-state index contributed by atoms with van der Waals surface area (Å²) in [4.78, 5) is 46.6. The number of carboxylic acids is 1. The van der Waals surface area contributed by atoms with E-state index in [9.17, 15) is 19.5 Å². The minimum Gasteiger partial charge on any atom is -0.477 e. The van der Waals surface area contributed by atoms with Crippen LogP contribution >= 0.6 is 23.1 Å². The number of carbonyl (C=O) groups excluding carboxylic acids is 2. The summed E-state index contributed by atoms with van der Waals surface area (Å²) in [6, 6.07) is -0.849. The van der Waals surface area contributed by atoms with E-state index in [1.54, 1.807) is 5.38 Å². The molecule has 27 heavy (non-hydrogen) atoms. The summed E-state index contributed by atoms with van der Waals surface area (Å²) in [6.45, 7) is 2.21. The number of carbonyl (C=O) groups is 3. The van der Waals surface area contributed by atoms with Gasteiger partial charge in [-0.2, -0.15) is 0 Å². The Labute approximate surface area is 162 Å². The molecule has 2 amide bonds. The first kappa shape index (κ1) is 19.2. The summed E-state index contributed by atoms with van der Waals surface area (Å²) in [7, 11) is 0. The van der Waals surface area contributed by atoms with Gasteiger partial charge in [-0.3, -0.25) is 14.5 Å². The number of rotatable bonds is 7. The normalized spacial score (nSPS) is 21.8. The van der Waals surface area contributed by atoms with E-state index in [4.69, 9.17) is 10.6 Å². The molecule has 2 aliphatic rings. The van der Waals surface area contributed by atoms with Gasteiger partial charge in [0.15, 0.2) is 10.8 Å². The van der Waals surface area contributed by atoms with Gasteiger partial charge >= 0.3 is 5.97 Å². The first-order valence-corrected chi connectivity index (χ1v) is 9.97. The third-order valence-electron chi connectivity index (χ3n) is 3.78. The highest BCUT2D eigenvalue weighted by Gasteiger charge is 2.53. The fourth-order valence-electron chi connectivity index (χ4n) is 2.55. The number of hydrogen-bond acceptors (Lipinski definition) is 9. The topological polar surface area (TPSA) is 147 Å². The lowest BCUT2D eigenvalue weighted by Gasteiger charge is -2.48. The fourth-order valence-corrected chi connectivity index (χ4v) is 4.29. The first-order chi connectivity index (χ1) is 12.9. The van der Waals surface area contributed by atoms with E-state index in [0.717, 1.165) is 11.3 Å². The Hall–Kier alpha value is -2.60. The van der Waals surface area contributed by atoms with Gasteiger partial charge in [-0.15, -0.1) is 23.1 Å². The van der Waals surface area contributed by atoms with Crippen LogP contribution in [-0.2, 0) is 19.2 Å². The lowest BCUT2D eigenvalue weighted by atomic mass is 10.0. The summed E-state index contributed by atoms with van der Waals surface area (Å²) in [5.41, 5.74) is 5.71. The molecule has 0 saturated carbocycles. The van der Waals surface area contributed by atoms with E-state index in [-0.39, 0.29) is 22.2 Å². The SMILES string of the molecule is CCCON=C(C(=O)NC1C(=O)N2C(C(=O)O)=CCS[C@H]12)c1csc(N)n1. The van der Waals surface area contributed by atoms with Crippen molar-refractivity contribution in [3.8, 4) is 0 Å². The third-order valence-corrected chi connectivity index (χ3v) is 5.64. The minimum atomic E-state index is -1.17. The molecule has 3 rings (SSSR count). The van der Waals surface area contributed by atoms with Gasteiger partial charge in [0.25, 0.3) is 11.8 Å². The lowest BCUT2D eigenvalue weighted by Crippen LogP contribution is -2.70. The van der Waals surface area contributed by atoms with Gasteiger partial charge in [-0.05, 0) is 12.5 Å². The number of oxime groups is 1. The number of aromatic nitrogens is 1. The van der Waals surface area contributed by atoms with Crippen molar-refractivity contribution >= 4 is 51.7 Å². The summed E-state index contributed by atoms with van der Waals surface area (Å²) < 4.78 is 0. The zero-order valence-corrected chi connectivity index (χ0v) is 15.9. The van der Waals surface area contributed by atoms with Crippen LogP contribution in [0.5, 0.6) is 0 Å². The number of nitrogens with zero attached hydrogens (tertiary/aromatic N) is 3. The van der Waals surface area contributed by atoms with E-state index >= 15 is 0 Å². The number of aliphatic carboxylic acids is 1. The highest BCUT2D eigenvalue weighted by Crippen LogP contribution is 2.37. The molecule has 0 aromatic carbocycles. The second-order valence-corrected chi connectivity index (χ2v) is 7.66. The standard InChI is InChI=1S/C15H17N5O5S2/c1-2-4-25-19-9(7-6-27-15(16)17-7)11(21)18-10-12(22)20-8(14(23)24)3-5-26-13(10)20/h3,6,10,13H,2,4-5H2,1H3,(H2,16,17)(H,18,21)(H,23,24)/t10?,13-/m1/s1. The molecule has 2 atom stereocenters. The molecule has 1 saturated heterocycles. The van der Waals surface area contributed by atoms with Crippen molar-refractivity contribution in [2.24, 2.45) is 5.16 Å². The predicted molar refractivity (Wildman–Crippen MR) is 100 cm³/mol. The van der Waals surface area contributed by atoms with E-state index < -0.39 is 29.2 Å². The van der Waals surface area contributed by atoms with Crippen LogP contribution in [0.1, 0.15) is 19.0 Å². The molecule has 0 spiro atoms. The molecule has 1 aromatic rings. The Kier molecular flexibility index (Phi) is 5.65. The number of nitrogens with two attached hydrogens (primary N) is 1. The molecule has 1 unspecified atom stereocenters. The molecule has 0 aliphatic carbocycles. The van der Waals surface area contributed by atoms with Crippen molar-refractivity contribution in [2.45, 2.75) is 24.8 Å². The molecule has 3 heterocycles. The molecule has 1 aromatic heterocycles. The molecule has 10 nitrogen and oxygen atoms in total. The molecule has 144 valence electrons. The van der Waals surface area contributed by atoms with E-state index in [1.807, 2.05) is 6.92 Å². The zero-order chi connectivity index (χ0) is 19.6. The molecular formula is C15H17N5O5S2. The number of thioether (sulfide) groups is 1. The van der Waals surface area contributed by atoms with Crippen LogP contribution in [-0.4, -0.2) is 62.3 Å². The van der Waals surface area contributed by atoms with E-state index in [0.29, 0.717) is 18.8 Å². The van der Waals surface area contributed by atoms with Crippen molar-refractivity contribution in [1.29, 1.82) is 0 Å². The third kappa shape index (κ3) is 3.76. The lowest BCUT2D eigenvalue weighted by molar-refractivity contribution is -0.150. The van der Waals surface area contributed by atoms with Crippen molar-refractivity contribution in [3.63, 3.8) is 0 Å². The summed E-state index contributed by atoms with van der Waals surface area (Å²) in [5, 5.41) is 17.0. The molecule has 0 radical (unpaired) electrons. The Morgan fingerprint density at radius 2 is 2.33 bits per heavy atom. The van der Waals surface area contributed by atoms with Gasteiger partial charge in [-0.25, -0.2) is 9.78 Å². The fraction of sp³-hybridized carbons (Fsp3) is 0.400. The number of nitrogens with one attached hydrogen (secondary N) is 1. The molecule has 4 N–H and O–H groups in total. The van der Waals surface area contributed by atoms with Gasteiger partial charge in [0.1, 0.15) is 29.4 Å². The van der Waals surface area contributed by atoms with Crippen LogP contribution in [0.25, 0.3) is 0 Å². The van der Waals surface area contributed by atoms with Crippen LogP contribution in [0.2, 0.25) is 0 Å². The van der Waals surface area contributed by atoms with Gasteiger partial charge in [0.2, 0.25) is 0 Å². The average Bonchev–Trinajstić information content (AvgIpc) is 3.08. The van der Waals surface area contributed by atoms with Gasteiger partial charge in [0, 0.05) is 11.1 Å². The second-order valence-electron chi connectivity index (χ2n) is 5.62. The second kappa shape index (κ2) is 7.96. The molecular weight excluding hydrogens is 394 g/mol. The maximum absolute atomic E-state index is 12.7. The van der Waals surface area contributed by atoms with Crippen molar-refractivity contribution in [1.82, 2.24) is 15.2 Å². The molecule has 12 heteroatoms. The molecule has 1 fully saturated rings. The van der Waals surface area contributed by atoms with Gasteiger partial charge in [0.05, 0.1) is 0 Å². The number of anilines is 1. The van der Waals surface area contributed by atoms with Crippen LogP contribution in [0.4, 0.5) is 5.13 Å². The highest BCUT2D eigenvalue weighted by atomic mass is 32.2. The number of carboxylic acid groups (broad SMARTS) is 1. The minimum absolute atomic E-state index is 0.0679. The Morgan fingerprint density at radius 1 is 1.56 bits per heavy atom. The monoisotopic (exact) mass is 411 g/mol. The predicted octanol–water partition coefficient (Wildman–Crippen LogP) is 0.224. The Morgan fingerprint density at radius 3 is 2.96 bits per heavy atom. The number of fused-ring (bicyclic) bond motifs is 1. The summed E-state index contributed by atoms with van der Waals surface area (Å²) in [5.74, 6) is -1.86. The van der Waals surface area contributed by atoms with Crippen molar-refractivity contribution in [2.75, 3.05) is 18.1 Å². The number of thiazole rings is 1. The average molecular weight is 411 g/mol. The van der Waals surface area contributed by atoms with Crippen LogP contribution in [0, 0.1) is 0 Å². The van der Waals surface area contributed by atoms with Crippen LogP contribution < -0.4 is 11.1 Å². The van der Waals surface area contributed by atoms with E-state index in [2.05, 4.69) is 15.5 Å². The summed E-state index contributed by atoms with van der Waals surface area (Å²) >= 11 is 2.52. The Bertz CT molecular complexity index is 836. The summed E-state index contributed by atoms with van der Waals surface area (Å²) in [6.07, 6.45) is 2.18. The Balaban J connectivity index is 1.75. The molecule has 0 bridgehead atoms. The number of hydrogen-bond donors (Lipinski definition) is 3. The van der Waals surface area contributed by atoms with Crippen molar-refractivity contribution in [3.05, 3.63) is 22.8 Å². The van der Waals surface area contributed by atoms with E-state index in [1.165, 1.54) is 22.7 Å². The first-order valence-electron chi connectivity index (χ1n) is 8.04. The number of nitrogen functional groups attached to an aromatic ring is 1.